The van der Waals surface area contributed by atoms with Crippen LogP contribution in [0.5, 0.6) is 11.5 Å². The van der Waals surface area contributed by atoms with Gasteiger partial charge in [0.05, 0.1) is 14.2 Å². The quantitative estimate of drug-likeness (QED) is 0.289. The Kier molecular flexibility index (Phi) is 8.50. The normalized spacial score (nSPS) is 11.3. The van der Waals surface area contributed by atoms with Gasteiger partial charge in [-0.15, -0.1) is 0 Å². The largest absolute Gasteiger partial charge is 0.497 e. The first-order chi connectivity index (χ1) is 15.5. The average Bonchev–Trinajstić information content (AvgIpc) is 2.81. The van der Waals surface area contributed by atoms with E-state index in [9.17, 15) is 8.78 Å². The van der Waals surface area contributed by atoms with Crippen molar-refractivity contribution in [2.45, 2.75) is 20.0 Å². The van der Waals surface area contributed by atoms with Crippen LogP contribution >= 0.6 is 11.8 Å². The van der Waals surface area contributed by atoms with Gasteiger partial charge in [-0.1, -0.05) is 43.0 Å². The summed E-state index contributed by atoms with van der Waals surface area (Å²) < 4.78 is 38.2. The van der Waals surface area contributed by atoms with Crippen LogP contribution in [0, 0.1) is 11.6 Å². The lowest BCUT2D eigenvalue weighted by Crippen LogP contribution is -2.28. The Morgan fingerprint density at radius 2 is 1.38 bits per heavy atom. The Morgan fingerprint density at radius 3 is 1.81 bits per heavy atom. The minimum Gasteiger partial charge on any atom is -0.497 e. The van der Waals surface area contributed by atoms with Gasteiger partial charge in [-0.3, -0.25) is 0 Å². The van der Waals surface area contributed by atoms with E-state index in [1.807, 2.05) is 55.5 Å². The van der Waals surface area contributed by atoms with Gasteiger partial charge >= 0.3 is 0 Å². The highest BCUT2D eigenvalue weighted by molar-refractivity contribution is 8.13. The number of nitrogens with zero attached hydrogens (tertiary/aromatic N) is 2. The Balaban J connectivity index is 1.96. The summed E-state index contributed by atoms with van der Waals surface area (Å²) in [5, 5.41) is 0.657. The van der Waals surface area contributed by atoms with Gasteiger partial charge < -0.3 is 14.4 Å². The third-order valence-electron chi connectivity index (χ3n) is 4.73. The monoisotopic (exact) mass is 456 g/mol. The molecule has 0 saturated heterocycles. The molecule has 0 atom stereocenters. The van der Waals surface area contributed by atoms with Crippen molar-refractivity contribution in [3.63, 3.8) is 0 Å². The Bertz CT molecular complexity index is 991. The first kappa shape index (κ1) is 23.6. The van der Waals surface area contributed by atoms with E-state index in [1.54, 1.807) is 14.2 Å². The Hall–Kier alpha value is -3.06. The predicted octanol–water partition coefficient (Wildman–Crippen LogP) is 6.43. The maximum atomic E-state index is 14.3. The van der Waals surface area contributed by atoms with E-state index in [4.69, 9.17) is 9.47 Å². The second-order valence-corrected chi connectivity index (χ2v) is 8.21. The highest BCUT2D eigenvalue weighted by atomic mass is 32.2. The maximum absolute atomic E-state index is 14.3. The molecule has 32 heavy (non-hydrogen) atoms. The highest BCUT2D eigenvalue weighted by Crippen LogP contribution is 2.25. The topological polar surface area (TPSA) is 34.1 Å². The molecule has 3 rings (SSSR count). The van der Waals surface area contributed by atoms with Crippen LogP contribution in [0.2, 0.25) is 0 Å². The molecule has 4 nitrogen and oxygen atoms in total. The van der Waals surface area contributed by atoms with Gasteiger partial charge in [-0.25, -0.2) is 13.8 Å². The molecule has 0 N–H and O–H groups in total. The van der Waals surface area contributed by atoms with E-state index in [1.165, 1.54) is 23.9 Å². The number of benzene rings is 3. The number of hydrogen-bond acceptors (Lipinski definition) is 4. The summed E-state index contributed by atoms with van der Waals surface area (Å²) in [5.41, 5.74) is 2.23. The highest BCUT2D eigenvalue weighted by Gasteiger charge is 2.15. The minimum absolute atomic E-state index is 0.108. The lowest BCUT2D eigenvalue weighted by molar-refractivity contribution is 0.405. The molecule has 0 spiro atoms. The van der Waals surface area contributed by atoms with E-state index >= 15 is 0 Å². The van der Waals surface area contributed by atoms with E-state index in [-0.39, 0.29) is 5.69 Å². The molecule has 0 unspecified atom stereocenters. The van der Waals surface area contributed by atoms with Crippen molar-refractivity contribution in [1.29, 1.82) is 0 Å². The fourth-order valence-electron chi connectivity index (χ4n) is 3.09. The minimum atomic E-state index is -0.687. The SMILES string of the molecule is CCSC(=Nc1ccc(F)cc1F)N(Cc1ccc(OC)cc1)Cc1ccc(OC)cc1. The molecule has 0 aromatic heterocycles. The summed E-state index contributed by atoms with van der Waals surface area (Å²) in [5.74, 6) is 0.998. The molecule has 7 heteroatoms. The summed E-state index contributed by atoms with van der Waals surface area (Å²) in [6.07, 6.45) is 0. The number of rotatable bonds is 8. The molecule has 0 fully saturated rings. The van der Waals surface area contributed by atoms with Crippen LogP contribution in [0.3, 0.4) is 0 Å². The number of halogens is 2. The molecule has 3 aromatic rings. The van der Waals surface area contributed by atoms with Crippen LogP contribution in [0.4, 0.5) is 14.5 Å². The maximum Gasteiger partial charge on any atom is 0.165 e. The van der Waals surface area contributed by atoms with E-state index in [2.05, 4.69) is 9.89 Å². The Labute approximate surface area is 191 Å². The standard InChI is InChI=1S/C25H26F2N2O2S/c1-4-32-25(28-24-14-9-20(26)15-23(24)27)29(16-18-5-10-21(30-2)11-6-18)17-19-7-12-22(31-3)13-8-19/h5-15H,4,16-17H2,1-3H3. The zero-order valence-corrected chi connectivity index (χ0v) is 19.2. The second-order valence-electron chi connectivity index (χ2n) is 6.98. The molecule has 0 aliphatic rings. The van der Waals surface area contributed by atoms with E-state index in [0.29, 0.717) is 18.3 Å². The van der Waals surface area contributed by atoms with E-state index in [0.717, 1.165) is 34.4 Å². The van der Waals surface area contributed by atoms with Crippen LogP contribution in [-0.4, -0.2) is 30.0 Å². The Morgan fingerprint density at radius 1 is 0.844 bits per heavy atom. The molecule has 0 aliphatic carbocycles. The smallest absolute Gasteiger partial charge is 0.165 e. The molecular weight excluding hydrogens is 430 g/mol. The zero-order chi connectivity index (χ0) is 22.9. The summed E-state index contributed by atoms with van der Waals surface area (Å²) in [6.45, 7) is 3.13. The zero-order valence-electron chi connectivity index (χ0n) is 18.3. The number of aliphatic imine (C=N–C) groups is 1. The van der Waals surface area contributed by atoms with Gasteiger partial charge in [0.2, 0.25) is 0 Å². The molecule has 0 heterocycles. The van der Waals surface area contributed by atoms with E-state index < -0.39 is 11.6 Å². The van der Waals surface area contributed by atoms with Crippen molar-refractivity contribution in [1.82, 2.24) is 4.90 Å². The molecule has 168 valence electrons. The predicted molar refractivity (Wildman–Crippen MR) is 127 cm³/mol. The first-order valence-corrected chi connectivity index (χ1v) is 11.2. The van der Waals surface area contributed by atoms with Gasteiger partial charge in [0.1, 0.15) is 23.0 Å². The molecule has 0 amide bonds. The number of amidine groups is 1. The second kappa shape index (κ2) is 11.5. The van der Waals surface area contributed by atoms with Crippen molar-refractivity contribution in [2.75, 3.05) is 20.0 Å². The lowest BCUT2D eigenvalue weighted by Gasteiger charge is -2.26. The fraction of sp³-hybridized carbons (Fsp3) is 0.240. The average molecular weight is 457 g/mol. The first-order valence-electron chi connectivity index (χ1n) is 10.2. The van der Waals surface area contributed by atoms with Gasteiger partial charge in [0, 0.05) is 19.2 Å². The van der Waals surface area contributed by atoms with Gasteiger partial charge in [-0.05, 0) is 53.3 Å². The summed E-state index contributed by atoms with van der Waals surface area (Å²) >= 11 is 1.51. The number of thioether (sulfide) groups is 1. The molecule has 3 aromatic carbocycles. The lowest BCUT2D eigenvalue weighted by atomic mass is 10.1. The van der Waals surface area contributed by atoms with Crippen molar-refractivity contribution >= 4 is 22.6 Å². The molecule has 0 saturated carbocycles. The van der Waals surface area contributed by atoms with Crippen molar-refractivity contribution in [3.8, 4) is 11.5 Å². The molecule has 0 bridgehead atoms. The van der Waals surface area contributed by atoms with Gasteiger partial charge in [0.15, 0.2) is 11.0 Å². The molecule has 0 radical (unpaired) electrons. The molecule has 0 aliphatic heterocycles. The number of ether oxygens (including phenoxy) is 2. The number of methoxy groups -OCH3 is 2. The fourth-order valence-corrected chi connectivity index (χ4v) is 3.82. The van der Waals surface area contributed by atoms with Crippen molar-refractivity contribution in [2.24, 2.45) is 4.99 Å². The van der Waals surface area contributed by atoms with Gasteiger partial charge in [-0.2, -0.15) is 0 Å². The van der Waals surface area contributed by atoms with Crippen LogP contribution in [0.15, 0.2) is 71.7 Å². The number of hydrogen-bond donors (Lipinski definition) is 0. The van der Waals surface area contributed by atoms with Crippen molar-refractivity contribution in [3.05, 3.63) is 89.5 Å². The van der Waals surface area contributed by atoms with Crippen molar-refractivity contribution < 1.29 is 18.3 Å². The third kappa shape index (κ3) is 6.47. The van der Waals surface area contributed by atoms with Gasteiger partial charge in [0.25, 0.3) is 0 Å². The summed E-state index contributed by atoms with van der Waals surface area (Å²) in [7, 11) is 3.26. The van der Waals surface area contributed by atoms with Crippen LogP contribution in [0.1, 0.15) is 18.1 Å². The van der Waals surface area contributed by atoms with Crippen LogP contribution in [-0.2, 0) is 13.1 Å². The molecular formula is C25H26F2N2O2S. The summed E-state index contributed by atoms with van der Waals surface area (Å²) in [6, 6.07) is 19.0. The summed E-state index contributed by atoms with van der Waals surface area (Å²) in [4.78, 5) is 6.65. The van der Waals surface area contributed by atoms with Crippen LogP contribution < -0.4 is 9.47 Å². The van der Waals surface area contributed by atoms with Crippen LogP contribution in [0.25, 0.3) is 0 Å². The third-order valence-corrected chi connectivity index (χ3v) is 5.63.